The van der Waals surface area contributed by atoms with Crippen LogP contribution in [0.1, 0.15) is 5.56 Å². The average Bonchev–Trinajstić information content (AvgIpc) is 2.11. The quantitative estimate of drug-likeness (QED) is 0.879. The fourth-order valence-electron chi connectivity index (χ4n) is 0.944. The van der Waals surface area contributed by atoms with Crippen LogP contribution in [0.2, 0.25) is 10.0 Å². The number of benzene rings is 1. The molecule has 0 saturated carbocycles. The van der Waals surface area contributed by atoms with Gasteiger partial charge >= 0.3 is 0 Å². The van der Waals surface area contributed by atoms with Gasteiger partial charge in [-0.25, -0.2) is 13.1 Å². The third kappa shape index (κ3) is 2.20. The van der Waals surface area contributed by atoms with E-state index in [2.05, 4.69) is 4.72 Å². The van der Waals surface area contributed by atoms with Gasteiger partial charge in [-0.1, -0.05) is 23.2 Å². The number of hydrogen-bond donors (Lipinski definition) is 1. The van der Waals surface area contributed by atoms with Crippen LogP contribution in [0.25, 0.3) is 0 Å². The molecule has 14 heavy (non-hydrogen) atoms. The maximum atomic E-state index is 11.4. The van der Waals surface area contributed by atoms with Crippen molar-refractivity contribution in [3.63, 3.8) is 0 Å². The Hall–Kier alpha value is -0.290. The highest BCUT2D eigenvalue weighted by Crippen LogP contribution is 2.27. The third-order valence-corrected chi connectivity index (χ3v) is 4.06. The molecular weight excluding hydrogens is 245 g/mol. The van der Waals surface area contributed by atoms with E-state index in [9.17, 15) is 8.42 Å². The maximum absolute atomic E-state index is 11.4. The van der Waals surface area contributed by atoms with E-state index in [1.54, 1.807) is 6.92 Å². The maximum Gasteiger partial charge on any atom is 0.241 e. The molecule has 0 saturated heterocycles. The number of sulfonamides is 1. The van der Waals surface area contributed by atoms with Crippen molar-refractivity contribution in [2.24, 2.45) is 0 Å². The highest BCUT2D eigenvalue weighted by molar-refractivity contribution is 7.89. The smallest absolute Gasteiger partial charge is 0.214 e. The van der Waals surface area contributed by atoms with Crippen LogP contribution in [0, 0.1) is 6.92 Å². The summed E-state index contributed by atoms with van der Waals surface area (Å²) in [6.45, 7) is 1.75. The Bertz CT molecular complexity index is 457. The molecule has 0 bridgehead atoms. The monoisotopic (exact) mass is 253 g/mol. The summed E-state index contributed by atoms with van der Waals surface area (Å²) in [6, 6.07) is 2.86. The zero-order valence-electron chi connectivity index (χ0n) is 7.64. The van der Waals surface area contributed by atoms with E-state index >= 15 is 0 Å². The normalized spacial score (nSPS) is 11.7. The highest BCUT2D eigenvalue weighted by Gasteiger charge is 2.17. The Balaban J connectivity index is 3.45. The summed E-state index contributed by atoms with van der Waals surface area (Å²) in [5.74, 6) is 0. The van der Waals surface area contributed by atoms with Crippen LogP contribution in [0.4, 0.5) is 0 Å². The van der Waals surface area contributed by atoms with Gasteiger partial charge in [-0.3, -0.25) is 0 Å². The van der Waals surface area contributed by atoms with Crippen molar-refractivity contribution in [1.29, 1.82) is 0 Å². The number of aryl methyl sites for hydroxylation is 1. The van der Waals surface area contributed by atoms with Crippen molar-refractivity contribution in [2.75, 3.05) is 7.05 Å². The number of hydrogen-bond acceptors (Lipinski definition) is 2. The van der Waals surface area contributed by atoms with Gasteiger partial charge in [0.2, 0.25) is 10.0 Å². The van der Waals surface area contributed by atoms with Crippen LogP contribution in [0.15, 0.2) is 17.0 Å². The number of nitrogens with one attached hydrogen (secondary N) is 1. The summed E-state index contributed by atoms with van der Waals surface area (Å²) in [6.07, 6.45) is 0. The zero-order chi connectivity index (χ0) is 10.9. The molecule has 1 aromatic rings. The summed E-state index contributed by atoms with van der Waals surface area (Å²) in [5, 5.41) is 0.546. The molecule has 0 aliphatic heterocycles. The summed E-state index contributed by atoms with van der Waals surface area (Å²) < 4.78 is 25.0. The molecule has 0 radical (unpaired) electrons. The molecule has 1 rings (SSSR count). The van der Waals surface area contributed by atoms with Crippen LogP contribution in [-0.4, -0.2) is 15.5 Å². The molecule has 1 N–H and O–H groups in total. The lowest BCUT2D eigenvalue weighted by atomic mass is 10.2. The molecule has 0 spiro atoms. The van der Waals surface area contributed by atoms with Gasteiger partial charge in [-0.05, 0) is 31.7 Å². The van der Waals surface area contributed by atoms with Crippen LogP contribution in [0.3, 0.4) is 0 Å². The molecule has 0 fully saturated rings. The Morgan fingerprint density at radius 3 is 2.29 bits per heavy atom. The summed E-state index contributed by atoms with van der Waals surface area (Å²) >= 11 is 11.6. The zero-order valence-corrected chi connectivity index (χ0v) is 9.96. The van der Waals surface area contributed by atoms with Crippen molar-refractivity contribution < 1.29 is 8.42 Å². The van der Waals surface area contributed by atoms with Crippen LogP contribution < -0.4 is 4.72 Å². The van der Waals surface area contributed by atoms with E-state index in [1.165, 1.54) is 19.2 Å². The Kier molecular flexibility index (Phi) is 3.42. The molecule has 0 amide bonds. The minimum Gasteiger partial charge on any atom is -0.214 e. The Morgan fingerprint density at radius 1 is 1.21 bits per heavy atom. The first-order valence-electron chi connectivity index (χ1n) is 3.77. The molecule has 0 atom stereocenters. The van der Waals surface area contributed by atoms with E-state index in [-0.39, 0.29) is 9.92 Å². The first kappa shape index (κ1) is 11.8. The lowest BCUT2D eigenvalue weighted by Gasteiger charge is -2.07. The van der Waals surface area contributed by atoms with Crippen LogP contribution in [0.5, 0.6) is 0 Å². The molecule has 0 heterocycles. The molecule has 0 aliphatic rings. The minimum atomic E-state index is -3.53. The molecule has 1 aromatic carbocycles. The van der Waals surface area contributed by atoms with E-state index < -0.39 is 10.0 Å². The van der Waals surface area contributed by atoms with Gasteiger partial charge in [0, 0.05) is 5.02 Å². The van der Waals surface area contributed by atoms with Gasteiger partial charge in [0.1, 0.15) is 4.90 Å². The summed E-state index contributed by atoms with van der Waals surface area (Å²) in [5.41, 5.74) is 0.742. The largest absolute Gasteiger partial charge is 0.241 e. The topological polar surface area (TPSA) is 46.2 Å². The SMILES string of the molecule is CNS(=O)(=O)c1cc(Cl)c(C)cc1Cl. The predicted molar refractivity (Wildman–Crippen MR) is 57.4 cm³/mol. The summed E-state index contributed by atoms with van der Waals surface area (Å²) in [7, 11) is -2.22. The van der Waals surface area contributed by atoms with Gasteiger partial charge in [0.15, 0.2) is 0 Å². The minimum absolute atomic E-state index is 0.00253. The van der Waals surface area contributed by atoms with Crippen LogP contribution in [-0.2, 0) is 10.0 Å². The fraction of sp³-hybridized carbons (Fsp3) is 0.250. The second-order valence-corrected chi connectivity index (χ2v) is 5.41. The van der Waals surface area contributed by atoms with Gasteiger partial charge in [-0.15, -0.1) is 0 Å². The van der Waals surface area contributed by atoms with E-state index in [4.69, 9.17) is 23.2 Å². The van der Waals surface area contributed by atoms with Gasteiger partial charge in [-0.2, -0.15) is 0 Å². The molecule has 0 unspecified atom stereocenters. The van der Waals surface area contributed by atoms with Gasteiger partial charge < -0.3 is 0 Å². The molecule has 0 aromatic heterocycles. The number of halogens is 2. The average molecular weight is 254 g/mol. The molecule has 3 nitrogen and oxygen atoms in total. The lowest BCUT2D eigenvalue weighted by molar-refractivity contribution is 0.588. The second-order valence-electron chi connectivity index (χ2n) is 2.74. The van der Waals surface area contributed by atoms with Crippen molar-refractivity contribution >= 4 is 33.2 Å². The van der Waals surface area contributed by atoms with Crippen molar-refractivity contribution in [3.05, 3.63) is 27.7 Å². The van der Waals surface area contributed by atoms with Gasteiger partial charge in [0.25, 0.3) is 0 Å². The Labute approximate surface area is 93.1 Å². The third-order valence-electron chi connectivity index (χ3n) is 1.77. The molecule has 6 heteroatoms. The first-order chi connectivity index (χ1) is 6.38. The van der Waals surface area contributed by atoms with E-state index in [0.29, 0.717) is 5.02 Å². The van der Waals surface area contributed by atoms with Crippen molar-refractivity contribution in [2.45, 2.75) is 11.8 Å². The molecule has 78 valence electrons. The van der Waals surface area contributed by atoms with Crippen molar-refractivity contribution in [3.8, 4) is 0 Å². The highest BCUT2D eigenvalue weighted by atomic mass is 35.5. The number of rotatable bonds is 2. The first-order valence-corrected chi connectivity index (χ1v) is 6.01. The van der Waals surface area contributed by atoms with Crippen LogP contribution >= 0.6 is 23.2 Å². The standard InChI is InChI=1S/C8H9Cl2NO2S/c1-5-3-7(10)8(4-6(5)9)14(12,13)11-2/h3-4,11H,1-2H3. The van der Waals surface area contributed by atoms with Gasteiger partial charge in [0.05, 0.1) is 5.02 Å². The van der Waals surface area contributed by atoms with E-state index in [0.717, 1.165) is 5.56 Å². The lowest BCUT2D eigenvalue weighted by Crippen LogP contribution is -2.19. The van der Waals surface area contributed by atoms with E-state index in [1.807, 2.05) is 0 Å². The molecule has 0 aliphatic carbocycles. The predicted octanol–water partition coefficient (Wildman–Crippen LogP) is 2.21. The summed E-state index contributed by atoms with van der Waals surface area (Å²) in [4.78, 5) is -0.00253. The fourth-order valence-corrected chi connectivity index (χ4v) is 2.50. The molecular formula is C8H9Cl2NO2S. The Morgan fingerprint density at radius 2 is 1.79 bits per heavy atom. The second kappa shape index (κ2) is 4.06. The van der Waals surface area contributed by atoms with Crippen molar-refractivity contribution in [1.82, 2.24) is 4.72 Å².